The highest BCUT2D eigenvalue weighted by atomic mass is 15.1. The molecule has 0 radical (unpaired) electrons. The van der Waals surface area contributed by atoms with Crippen molar-refractivity contribution in [3.05, 3.63) is 36.4 Å². The first-order chi connectivity index (χ1) is 11.7. The summed E-state index contributed by atoms with van der Waals surface area (Å²) in [5, 5.41) is 0. The van der Waals surface area contributed by atoms with Gasteiger partial charge in [0.05, 0.1) is 0 Å². The molecule has 3 nitrogen and oxygen atoms in total. The Morgan fingerprint density at radius 1 is 1.08 bits per heavy atom. The van der Waals surface area contributed by atoms with Gasteiger partial charge < -0.3 is 4.57 Å². The highest BCUT2D eigenvalue weighted by molar-refractivity contribution is 5.54. The van der Waals surface area contributed by atoms with Crippen molar-refractivity contribution in [2.45, 2.75) is 58.4 Å². The molecule has 2 aromatic heterocycles. The van der Waals surface area contributed by atoms with Crippen molar-refractivity contribution in [2.24, 2.45) is 23.2 Å². The van der Waals surface area contributed by atoms with Crippen molar-refractivity contribution >= 4 is 0 Å². The van der Waals surface area contributed by atoms with Crippen LogP contribution in [0.15, 0.2) is 30.7 Å². The zero-order valence-electron chi connectivity index (χ0n) is 14.6. The fourth-order valence-corrected chi connectivity index (χ4v) is 6.41. The van der Waals surface area contributed by atoms with E-state index in [4.69, 9.17) is 0 Å². The first-order valence-corrected chi connectivity index (χ1v) is 9.63. The highest BCUT2D eigenvalue weighted by Gasteiger charge is 2.50. The Kier molecular flexibility index (Phi) is 3.33. The summed E-state index contributed by atoms with van der Waals surface area (Å²) in [5.41, 5.74) is 3.05. The number of nitrogens with zero attached hydrogens (tertiary/aromatic N) is 3. The molecule has 0 unspecified atom stereocenters. The zero-order valence-corrected chi connectivity index (χ0v) is 14.6. The maximum absolute atomic E-state index is 4.67. The van der Waals surface area contributed by atoms with Gasteiger partial charge in [0.15, 0.2) is 0 Å². The van der Waals surface area contributed by atoms with Crippen molar-refractivity contribution in [2.75, 3.05) is 0 Å². The van der Waals surface area contributed by atoms with Crippen molar-refractivity contribution in [1.29, 1.82) is 0 Å². The Morgan fingerprint density at radius 2 is 1.79 bits per heavy atom. The Labute approximate surface area is 144 Å². The molecule has 0 spiro atoms. The van der Waals surface area contributed by atoms with E-state index in [2.05, 4.69) is 27.5 Å². The molecule has 0 N–H and O–H groups in total. The lowest BCUT2D eigenvalue weighted by Crippen LogP contribution is -2.46. The summed E-state index contributed by atoms with van der Waals surface area (Å²) in [6, 6.07) is 4.12. The topological polar surface area (TPSA) is 30.7 Å². The van der Waals surface area contributed by atoms with Gasteiger partial charge >= 0.3 is 0 Å². The molecule has 2 aromatic rings. The van der Waals surface area contributed by atoms with Gasteiger partial charge in [-0.05, 0) is 87.2 Å². The van der Waals surface area contributed by atoms with E-state index in [1.807, 2.05) is 24.7 Å². The Bertz CT molecular complexity index is 696. The van der Waals surface area contributed by atoms with Crippen LogP contribution in [0.3, 0.4) is 0 Å². The third kappa shape index (κ3) is 2.40. The molecule has 0 aliphatic heterocycles. The number of hydrogen-bond acceptors (Lipinski definition) is 2. The van der Waals surface area contributed by atoms with E-state index in [0.29, 0.717) is 5.41 Å². The van der Waals surface area contributed by atoms with Crippen molar-refractivity contribution < 1.29 is 0 Å². The highest BCUT2D eigenvalue weighted by Crippen LogP contribution is 2.61. The normalized spacial score (nSPS) is 34.0. The minimum atomic E-state index is 0.637. The predicted octanol–water partition coefficient (Wildman–Crippen LogP) is 4.86. The van der Waals surface area contributed by atoms with Gasteiger partial charge in [0, 0.05) is 36.4 Å². The van der Waals surface area contributed by atoms with Gasteiger partial charge in [0.25, 0.3) is 0 Å². The van der Waals surface area contributed by atoms with E-state index in [-0.39, 0.29) is 0 Å². The van der Waals surface area contributed by atoms with Crippen LogP contribution >= 0.6 is 0 Å². The average Bonchev–Trinajstić information content (AvgIpc) is 2.93. The summed E-state index contributed by atoms with van der Waals surface area (Å²) in [6.07, 6.45) is 16.2. The molecule has 4 aliphatic carbocycles. The predicted molar refractivity (Wildman–Crippen MR) is 95.4 cm³/mol. The second kappa shape index (κ2) is 5.44. The SMILES string of the molecule is Cc1cnc(-c2cccnc2)n1CCC12CC3CC(CC(C3)C1)C2. The van der Waals surface area contributed by atoms with Crippen LogP contribution < -0.4 is 0 Å². The molecule has 3 heteroatoms. The first-order valence-electron chi connectivity index (χ1n) is 9.63. The van der Waals surface area contributed by atoms with Gasteiger partial charge in [-0.3, -0.25) is 4.98 Å². The number of hydrogen-bond donors (Lipinski definition) is 0. The molecule has 24 heavy (non-hydrogen) atoms. The number of imidazole rings is 1. The zero-order chi connectivity index (χ0) is 16.1. The van der Waals surface area contributed by atoms with Gasteiger partial charge in [-0.2, -0.15) is 0 Å². The lowest BCUT2D eigenvalue weighted by Gasteiger charge is -2.57. The van der Waals surface area contributed by atoms with E-state index >= 15 is 0 Å². The minimum absolute atomic E-state index is 0.637. The number of pyridine rings is 1. The second-order valence-electron chi connectivity index (χ2n) is 8.78. The van der Waals surface area contributed by atoms with E-state index in [1.54, 1.807) is 0 Å². The summed E-state index contributed by atoms with van der Waals surface area (Å²) in [5.74, 6) is 4.21. The minimum Gasteiger partial charge on any atom is -0.328 e. The van der Waals surface area contributed by atoms with E-state index < -0.39 is 0 Å². The van der Waals surface area contributed by atoms with Crippen LogP contribution in [0.25, 0.3) is 11.4 Å². The van der Waals surface area contributed by atoms with Gasteiger partial charge in [-0.15, -0.1) is 0 Å². The Balaban J connectivity index is 1.39. The molecule has 6 rings (SSSR count). The summed E-state index contributed by atoms with van der Waals surface area (Å²) >= 11 is 0. The lowest BCUT2D eigenvalue weighted by atomic mass is 9.49. The molecule has 0 saturated heterocycles. The molecule has 126 valence electrons. The molecule has 4 bridgehead atoms. The smallest absolute Gasteiger partial charge is 0.141 e. The molecule has 4 saturated carbocycles. The quantitative estimate of drug-likeness (QED) is 0.805. The maximum atomic E-state index is 4.67. The average molecular weight is 321 g/mol. The van der Waals surface area contributed by atoms with Gasteiger partial charge in [0.2, 0.25) is 0 Å². The van der Waals surface area contributed by atoms with E-state index in [9.17, 15) is 0 Å². The summed E-state index contributed by atoms with van der Waals surface area (Å²) in [6.45, 7) is 3.30. The molecular formula is C21H27N3. The van der Waals surface area contributed by atoms with E-state index in [0.717, 1.165) is 35.7 Å². The molecule has 4 aliphatic rings. The fraction of sp³-hybridized carbons (Fsp3) is 0.619. The molecular weight excluding hydrogens is 294 g/mol. The van der Waals surface area contributed by atoms with Gasteiger partial charge in [-0.1, -0.05) is 0 Å². The standard InChI is InChI=1S/C21H27N3/c1-15-13-23-20(19-3-2-5-22-14-19)24(15)6-4-21-10-16-7-17(11-21)9-18(8-16)12-21/h2-3,5,13-14,16-18H,4,6-12H2,1H3. The van der Waals surface area contributed by atoms with Crippen LogP contribution in [-0.2, 0) is 6.54 Å². The molecule has 2 heterocycles. The molecule has 0 atom stereocenters. The van der Waals surface area contributed by atoms with Gasteiger partial charge in [-0.25, -0.2) is 4.98 Å². The van der Waals surface area contributed by atoms with Crippen LogP contribution in [-0.4, -0.2) is 14.5 Å². The Morgan fingerprint density at radius 3 is 2.42 bits per heavy atom. The van der Waals surface area contributed by atoms with Crippen LogP contribution in [0.5, 0.6) is 0 Å². The third-order valence-corrected chi connectivity index (χ3v) is 7.01. The second-order valence-corrected chi connectivity index (χ2v) is 8.78. The van der Waals surface area contributed by atoms with Gasteiger partial charge in [0.1, 0.15) is 5.82 Å². The first kappa shape index (κ1) is 14.7. The number of aromatic nitrogens is 3. The maximum Gasteiger partial charge on any atom is 0.141 e. The van der Waals surface area contributed by atoms with E-state index in [1.165, 1.54) is 50.6 Å². The summed E-state index contributed by atoms with van der Waals surface area (Å²) < 4.78 is 2.43. The van der Waals surface area contributed by atoms with Crippen molar-refractivity contribution in [3.8, 4) is 11.4 Å². The van der Waals surface area contributed by atoms with Crippen LogP contribution in [0.4, 0.5) is 0 Å². The molecule has 0 amide bonds. The molecule has 4 fully saturated rings. The Hall–Kier alpha value is -1.64. The van der Waals surface area contributed by atoms with Crippen LogP contribution in [0.2, 0.25) is 0 Å². The fourth-order valence-electron chi connectivity index (χ4n) is 6.41. The van der Waals surface area contributed by atoms with Crippen LogP contribution in [0, 0.1) is 30.1 Å². The van der Waals surface area contributed by atoms with Crippen LogP contribution in [0.1, 0.15) is 50.6 Å². The van der Waals surface area contributed by atoms with Crippen molar-refractivity contribution in [3.63, 3.8) is 0 Å². The monoisotopic (exact) mass is 321 g/mol. The molecule has 0 aromatic carbocycles. The largest absolute Gasteiger partial charge is 0.328 e. The summed E-state index contributed by atoms with van der Waals surface area (Å²) in [4.78, 5) is 8.95. The lowest BCUT2D eigenvalue weighted by molar-refractivity contribution is -0.0591. The number of rotatable bonds is 4. The number of aryl methyl sites for hydroxylation is 1. The van der Waals surface area contributed by atoms with Crippen molar-refractivity contribution in [1.82, 2.24) is 14.5 Å². The summed E-state index contributed by atoms with van der Waals surface area (Å²) in [7, 11) is 0. The third-order valence-electron chi connectivity index (χ3n) is 7.01.